The average molecular weight is 372 g/mol. The van der Waals surface area contributed by atoms with Crippen LogP contribution in [0.4, 0.5) is 0 Å². The summed E-state index contributed by atoms with van der Waals surface area (Å²) in [6.45, 7) is -0.186. The zero-order valence-corrected chi connectivity index (χ0v) is 14.7. The lowest BCUT2D eigenvalue weighted by atomic mass is 10.1. The van der Waals surface area contributed by atoms with Gasteiger partial charge in [0.15, 0.2) is 15.6 Å². The van der Waals surface area contributed by atoms with Crippen molar-refractivity contribution >= 4 is 38.8 Å². The Morgan fingerprint density at radius 1 is 1.21 bits per heavy atom. The lowest BCUT2D eigenvalue weighted by Gasteiger charge is -2.11. The van der Waals surface area contributed by atoms with Crippen molar-refractivity contribution in [3.63, 3.8) is 0 Å². The topological polar surface area (TPSA) is 109 Å². The summed E-state index contributed by atoms with van der Waals surface area (Å²) in [6.07, 6.45) is 1.29. The van der Waals surface area contributed by atoms with E-state index in [0.29, 0.717) is 24.1 Å². The first-order chi connectivity index (χ1) is 11.4. The Bertz CT molecular complexity index is 697. The number of ketones is 1. The highest BCUT2D eigenvalue weighted by Crippen LogP contribution is 2.13. The molecule has 0 radical (unpaired) electrons. The van der Waals surface area contributed by atoms with Gasteiger partial charge in [-0.3, -0.25) is 14.4 Å². The second-order valence-corrected chi connectivity index (χ2v) is 8.87. The molecule has 2 amide bonds. The van der Waals surface area contributed by atoms with E-state index in [1.807, 2.05) is 5.38 Å². The highest BCUT2D eigenvalue weighted by molar-refractivity contribution is 7.91. The van der Waals surface area contributed by atoms with E-state index in [-0.39, 0.29) is 42.2 Å². The van der Waals surface area contributed by atoms with E-state index in [0.717, 1.165) is 0 Å². The lowest BCUT2D eigenvalue weighted by Crippen LogP contribution is -2.42. The van der Waals surface area contributed by atoms with Crippen molar-refractivity contribution < 1.29 is 22.8 Å². The van der Waals surface area contributed by atoms with Crippen LogP contribution >= 0.6 is 11.3 Å². The molecule has 24 heavy (non-hydrogen) atoms. The first-order valence-corrected chi connectivity index (χ1v) is 10.4. The Hall–Kier alpha value is -1.74. The van der Waals surface area contributed by atoms with Crippen LogP contribution in [0.1, 0.15) is 35.4 Å². The molecular formula is C15H20N2O5S2. The van der Waals surface area contributed by atoms with Crippen molar-refractivity contribution in [2.75, 3.05) is 18.1 Å². The molecule has 1 unspecified atom stereocenters. The van der Waals surface area contributed by atoms with Crippen molar-refractivity contribution in [1.82, 2.24) is 10.6 Å². The number of hydrogen-bond acceptors (Lipinski definition) is 6. The average Bonchev–Trinajstić information content (AvgIpc) is 3.15. The highest BCUT2D eigenvalue weighted by Gasteiger charge is 2.28. The number of carbonyl (C=O) groups excluding carboxylic acids is 3. The predicted octanol–water partition coefficient (Wildman–Crippen LogP) is 0.521. The highest BCUT2D eigenvalue weighted by atomic mass is 32.2. The summed E-state index contributed by atoms with van der Waals surface area (Å²) in [5.74, 6) is -0.652. The molecule has 1 fully saturated rings. The van der Waals surface area contributed by atoms with Gasteiger partial charge >= 0.3 is 0 Å². The quantitative estimate of drug-likeness (QED) is 0.647. The Morgan fingerprint density at radius 3 is 2.62 bits per heavy atom. The predicted molar refractivity (Wildman–Crippen MR) is 90.7 cm³/mol. The van der Waals surface area contributed by atoms with Gasteiger partial charge in [-0.05, 0) is 24.3 Å². The van der Waals surface area contributed by atoms with Crippen molar-refractivity contribution in [2.24, 2.45) is 0 Å². The van der Waals surface area contributed by atoms with Gasteiger partial charge in [0, 0.05) is 18.9 Å². The van der Waals surface area contributed by atoms with Gasteiger partial charge in [-0.15, -0.1) is 11.3 Å². The largest absolute Gasteiger partial charge is 0.351 e. The molecule has 2 N–H and O–H groups in total. The second-order valence-electron chi connectivity index (χ2n) is 5.70. The van der Waals surface area contributed by atoms with Crippen molar-refractivity contribution in [3.05, 3.63) is 22.4 Å². The van der Waals surface area contributed by atoms with E-state index in [1.54, 1.807) is 12.1 Å². The molecule has 0 aromatic carbocycles. The second kappa shape index (κ2) is 8.39. The summed E-state index contributed by atoms with van der Waals surface area (Å²) in [5.41, 5.74) is 0. The third-order valence-electron chi connectivity index (χ3n) is 3.65. The maximum Gasteiger partial charge on any atom is 0.239 e. The molecule has 132 valence electrons. The number of sulfone groups is 1. The SMILES string of the molecule is O=C(CCCC(=O)c1cccs1)NCC(=O)NC1CCS(=O)(=O)C1. The molecule has 0 saturated carbocycles. The van der Waals surface area contributed by atoms with Gasteiger partial charge in [-0.25, -0.2) is 8.42 Å². The maximum atomic E-state index is 11.8. The monoisotopic (exact) mass is 372 g/mol. The minimum atomic E-state index is -3.04. The van der Waals surface area contributed by atoms with Crippen molar-refractivity contribution in [3.8, 4) is 0 Å². The molecule has 1 aliphatic rings. The summed E-state index contributed by atoms with van der Waals surface area (Å²) in [6, 6.07) is 3.18. The number of hydrogen-bond donors (Lipinski definition) is 2. The van der Waals surface area contributed by atoms with E-state index in [9.17, 15) is 22.8 Å². The summed E-state index contributed by atoms with van der Waals surface area (Å²) < 4.78 is 22.6. The molecule has 1 atom stereocenters. The molecule has 1 aromatic rings. The molecule has 2 rings (SSSR count). The van der Waals surface area contributed by atoms with Crippen LogP contribution < -0.4 is 10.6 Å². The van der Waals surface area contributed by atoms with E-state index in [1.165, 1.54) is 11.3 Å². The van der Waals surface area contributed by atoms with Crippen LogP contribution in [-0.2, 0) is 19.4 Å². The lowest BCUT2D eigenvalue weighted by molar-refractivity contribution is -0.126. The zero-order valence-electron chi connectivity index (χ0n) is 13.1. The number of rotatable bonds is 8. The van der Waals surface area contributed by atoms with Crippen molar-refractivity contribution in [2.45, 2.75) is 31.7 Å². The third-order valence-corrected chi connectivity index (χ3v) is 6.33. The van der Waals surface area contributed by atoms with Gasteiger partial charge in [0.05, 0.1) is 22.9 Å². The smallest absolute Gasteiger partial charge is 0.239 e. The fourth-order valence-electron chi connectivity index (χ4n) is 2.42. The van der Waals surface area contributed by atoms with E-state index >= 15 is 0 Å². The van der Waals surface area contributed by atoms with Gasteiger partial charge in [0.2, 0.25) is 11.8 Å². The number of amides is 2. The van der Waals surface area contributed by atoms with Gasteiger partial charge in [0.25, 0.3) is 0 Å². The fraction of sp³-hybridized carbons (Fsp3) is 0.533. The van der Waals surface area contributed by atoms with Crippen LogP contribution in [-0.4, -0.2) is 50.1 Å². The molecule has 0 aliphatic carbocycles. The van der Waals surface area contributed by atoms with Crippen LogP contribution in [0.5, 0.6) is 0 Å². The van der Waals surface area contributed by atoms with Crippen LogP contribution in [0.25, 0.3) is 0 Å². The molecule has 1 aliphatic heterocycles. The fourth-order valence-corrected chi connectivity index (χ4v) is 4.79. The number of nitrogens with one attached hydrogen (secondary N) is 2. The Morgan fingerprint density at radius 2 is 2.00 bits per heavy atom. The summed E-state index contributed by atoms with van der Waals surface area (Å²) in [5, 5.41) is 6.90. The minimum absolute atomic E-state index is 0.0120. The molecule has 0 spiro atoms. The number of thiophene rings is 1. The van der Waals surface area contributed by atoms with E-state index in [2.05, 4.69) is 10.6 Å². The molecule has 0 bridgehead atoms. The normalized spacial score (nSPS) is 18.9. The van der Waals surface area contributed by atoms with Gasteiger partial charge in [-0.1, -0.05) is 6.07 Å². The molecule has 2 heterocycles. The Labute approximate surface area is 144 Å². The summed E-state index contributed by atoms with van der Waals surface area (Å²) in [4.78, 5) is 35.8. The van der Waals surface area contributed by atoms with Crippen LogP contribution in [0.15, 0.2) is 17.5 Å². The first kappa shape index (κ1) is 18.6. The van der Waals surface area contributed by atoms with Crippen LogP contribution in [0, 0.1) is 0 Å². The number of Topliss-reactive ketones (excluding diaryl/α,β-unsaturated/α-hetero) is 1. The molecule has 9 heteroatoms. The van der Waals surface area contributed by atoms with Gasteiger partial charge < -0.3 is 10.6 Å². The van der Waals surface area contributed by atoms with E-state index < -0.39 is 15.7 Å². The van der Waals surface area contributed by atoms with Gasteiger partial charge in [0.1, 0.15) is 0 Å². The maximum absolute atomic E-state index is 11.8. The Balaban J connectivity index is 1.59. The minimum Gasteiger partial charge on any atom is -0.351 e. The Kier molecular flexibility index (Phi) is 6.50. The molecular weight excluding hydrogens is 352 g/mol. The summed E-state index contributed by atoms with van der Waals surface area (Å²) >= 11 is 1.37. The van der Waals surface area contributed by atoms with Crippen LogP contribution in [0.2, 0.25) is 0 Å². The van der Waals surface area contributed by atoms with Gasteiger partial charge in [-0.2, -0.15) is 0 Å². The molecule has 1 aromatic heterocycles. The third kappa shape index (κ3) is 6.04. The number of carbonyl (C=O) groups is 3. The summed E-state index contributed by atoms with van der Waals surface area (Å²) in [7, 11) is -3.04. The molecule has 7 nitrogen and oxygen atoms in total. The van der Waals surface area contributed by atoms with Crippen LogP contribution in [0.3, 0.4) is 0 Å². The van der Waals surface area contributed by atoms with Crippen molar-refractivity contribution in [1.29, 1.82) is 0 Å². The standard InChI is InChI=1S/C15H20N2O5S2/c18-12(13-4-2-7-23-13)3-1-5-14(19)16-9-15(20)17-11-6-8-24(21,22)10-11/h2,4,7,11H,1,3,5-6,8-10H2,(H,16,19)(H,17,20). The van der Waals surface area contributed by atoms with E-state index in [4.69, 9.17) is 0 Å². The zero-order chi connectivity index (χ0) is 17.6. The molecule has 1 saturated heterocycles. The first-order valence-electron chi connectivity index (χ1n) is 7.69.